The van der Waals surface area contributed by atoms with Gasteiger partial charge in [-0.2, -0.15) is 9.97 Å². The van der Waals surface area contributed by atoms with Crippen LogP contribution in [0.25, 0.3) is 0 Å². The zero-order valence-corrected chi connectivity index (χ0v) is 11.6. The average Bonchev–Trinajstić information content (AvgIpc) is 2.96. The molecular weight excluding hydrogens is 278 g/mol. The number of nitrogens with two attached hydrogens (primary N) is 1. The molecule has 0 unspecified atom stereocenters. The molecular formula is C11H15N7O3. The van der Waals surface area contributed by atoms with Crippen LogP contribution in [0.3, 0.4) is 0 Å². The number of carbonyl (C=O) groups is 1. The molecule has 112 valence electrons. The smallest absolute Gasteiger partial charge is 0.280 e. The van der Waals surface area contributed by atoms with Crippen LogP contribution in [0.15, 0.2) is 12.3 Å². The molecule has 0 aliphatic heterocycles. The molecule has 0 aliphatic rings. The normalized spacial score (nSPS) is 10.2. The molecule has 0 saturated heterocycles. The number of carbonyl (C=O) groups excluding carboxylic acids is 1. The van der Waals surface area contributed by atoms with Gasteiger partial charge < -0.3 is 15.2 Å². The summed E-state index contributed by atoms with van der Waals surface area (Å²) < 4.78 is 11.5. The molecule has 1 amide bonds. The topological polar surface area (TPSA) is 130 Å². The fourth-order valence-corrected chi connectivity index (χ4v) is 1.48. The Morgan fingerprint density at radius 3 is 2.57 bits per heavy atom. The number of ether oxygens (including phenoxy) is 2. The molecule has 2 heterocycles. The maximum Gasteiger partial charge on any atom is 0.280 e. The lowest BCUT2D eigenvalue weighted by Crippen LogP contribution is -2.15. The van der Waals surface area contributed by atoms with E-state index in [1.165, 1.54) is 31.2 Å². The fourth-order valence-electron chi connectivity index (χ4n) is 1.48. The van der Waals surface area contributed by atoms with E-state index in [0.717, 1.165) is 0 Å². The van der Waals surface area contributed by atoms with Crippen molar-refractivity contribution in [3.63, 3.8) is 0 Å². The second-order valence-electron chi connectivity index (χ2n) is 3.89. The summed E-state index contributed by atoms with van der Waals surface area (Å²) in [5, 5.41) is 10.0. The van der Waals surface area contributed by atoms with Crippen LogP contribution in [-0.4, -0.2) is 51.6 Å². The lowest BCUT2D eigenvalue weighted by atomic mass is 10.4. The molecule has 10 nitrogen and oxygen atoms in total. The van der Waals surface area contributed by atoms with Crippen LogP contribution < -0.4 is 20.5 Å². The Balaban J connectivity index is 2.14. The highest BCUT2D eigenvalue weighted by Crippen LogP contribution is 2.17. The van der Waals surface area contributed by atoms with Crippen molar-refractivity contribution < 1.29 is 14.3 Å². The minimum Gasteiger partial charge on any atom is -0.481 e. The Bertz CT molecular complexity index is 606. The maximum absolute atomic E-state index is 12.0. The molecule has 0 fully saturated rings. The van der Waals surface area contributed by atoms with E-state index in [-0.39, 0.29) is 23.4 Å². The van der Waals surface area contributed by atoms with Gasteiger partial charge in [-0.15, -0.1) is 5.10 Å². The molecule has 2 rings (SSSR count). The largest absolute Gasteiger partial charge is 0.481 e. The van der Waals surface area contributed by atoms with Crippen LogP contribution in [0.2, 0.25) is 0 Å². The third-order valence-corrected chi connectivity index (χ3v) is 2.45. The predicted octanol–water partition coefficient (Wildman–Crippen LogP) is -0.704. The van der Waals surface area contributed by atoms with Gasteiger partial charge in [0.05, 0.1) is 33.0 Å². The van der Waals surface area contributed by atoms with Crippen molar-refractivity contribution in [1.29, 1.82) is 0 Å². The summed E-state index contributed by atoms with van der Waals surface area (Å²) in [6.07, 6.45) is 1.49. The third kappa shape index (κ3) is 3.63. The Kier molecular flexibility index (Phi) is 4.61. The van der Waals surface area contributed by atoms with Crippen molar-refractivity contribution in [2.75, 3.05) is 26.1 Å². The van der Waals surface area contributed by atoms with E-state index in [9.17, 15) is 4.79 Å². The van der Waals surface area contributed by atoms with Gasteiger partial charge in [0.25, 0.3) is 5.91 Å². The number of hydrogen-bond donors (Lipinski definition) is 2. The van der Waals surface area contributed by atoms with Crippen LogP contribution in [-0.2, 0) is 6.54 Å². The zero-order chi connectivity index (χ0) is 15.2. The minimum atomic E-state index is -0.492. The molecule has 21 heavy (non-hydrogen) atoms. The van der Waals surface area contributed by atoms with E-state index in [2.05, 4.69) is 25.6 Å². The van der Waals surface area contributed by atoms with Crippen molar-refractivity contribution in [2.24, 2.45) is 5.73 Å². The van der Waals surface area contributed by atoms with Crippen LogP contribution in [0.5, 0.6) is 11.8 Å². The molecule has 2 aromatic heterocycles. The van der Waals surface area contributed by atoms with Gasteiger partial charge in [0.2, 0.25) is 17.7 Å². The standard InChI is InChI=1S/C11H15N7O3/c1-20-8-5-9(21-2)14-11(13-8)15-10(19)7-6-18(4-3-12)17-16-7/h5-6H,3-4,12H2,1-2H3,(H,13,14,15,19). The maximum atomic E-state index is 12.0. The van der Waals surface area contributed by atoms with E-state index in [4.69, 9.17) is 15.2 Å². The number of nitrogens with one attached hydrogen (secondary N) is 1. The lowest BCUT2D eigenvalue weighted by Gasteiger charge is -2.06. The third-order valence-electron chi connectivity index (χ3n) is 2.45. The molecule has 3 N–H and O–H groups in total. The number of methoxy groups -OCH3 is 2. The van der Waals surface area contributed by atoms with E-state index < -0.39 is 5.91 Å². The summed E-state index contributed by atoms with van der Waals surface area (Å²) >= 11 is 0. The number of rotatable bonds is 6. The molecule has 0 bridgehead atoms. The van der Waals surface area contributed by atoms with E-state index in [1.54, 1.807) is 0 Å². The Morgan fingerprint density at radius 1 is 1.33 bits per heavy atom. The van der Waals surface area contributed by atoms with Crippen LogP contribution in [0.4, 0.5) is 5.95 Å². The van der Waals surface area contributed by atoms with Crippen molar-refractivity contribution in [1.82, 2.24) is 25.0 Å². The summed E-state index contributed by atoms with van der Waals surface area (Å²) in [4.78, 5) is 20.0. The van der Waals surface area contributed by atoms with Crippen LogP contribution in [0, 0.1) is 0 Å². The van der Waals surface area contributed by atoms with Crippen molar-refractivity contribution in [3.05, 3.63) is 18.0 Å². The SMILES string of the molecule is COc1cc(OC)nc(NC(=O)c2cn(CCN)nn2)n1. The quantitative estimate of drug-likeness (QED) is 0.714. The van der Waals surface area contributed by atoms with Gasteiger partial charge in [0, 0.05) is 6.54 Å². The molecule has 0 aliphatic carbocycles. The van der Waals surface area contributed by atoms with Crippen LogP contribution >= 0.6 is 0 Å². The van der Waals surface area contributed by atoms with E-state index in [1.807, 2.05) is 0 Å². The first-order valence-corrected chi connectivity index (χ1v) is 6.05. The van der Waals surface area contributed by atoms with Crippen molar-refractivity contribution >= 4 is 11.9 Å². The highest BCUT2D eigenvalue weighted by atomic mass is 16.5. The molecule has 0 spiro atoms. The Hall–Kier alpha value is -2.75. The van der Waals surface area contributed by atoms with Crippen molar-refractivity contribution in [2.45, 2.75) is 6.54 Å². The summed E-state index contributed by atoms with van der Waals surface area (Å²) in [5.41, 5.74) is 5.53. The van der Waals surface area contributed by atoms with E-state index >= 15 is 0 Å². The highest BCUT2D eigenvalue weighted by Gasteiger charge is 2.14. The van der Waals surface area contributed by atoms with Gasteiger partial charge in [-0.05, 0) is 0 Å². The Morgan fingerprint density at radius 2 is 2.00 bits per heavy atom. The molecule has 0 atom stereocenters. The average molecular weight is 293 g/mol. The Labute approximate surface area is 120 Å². The van der Waals surface area contributed by atoms with Gasteiger partial charge in [0.15, 0.2) is 5.69 Å². The van der Waals surface area contributed by atoms with E-state index in [0.29, 0.717) is 13.1 Å². The lowest BCUT2D eigenvalue weighted by molar-refractivity contribution is 0.102. The fraction of sp³-hybridized carbons (Fsp3) is 0.364. The summed E-state index contributed by atoms with van der Waals surface area (Å²) in [7, 11) is 2.90. The van der Waals surface area contributed by atoms with Gasteiger partial charge in [-0.25, -0.2) is 0 Å². The molecule has 10 heteroatoms. The predicted molar refractivity (Wildman–Crippen MR) is 72.2 cm³/mol. The highest BCUT2D eigenvalue weighted by molar-refractivity contribution is 6.01. The molecule has 0 saturated carbocycles. The zero-order valence-electron chi connectivity index (χ0n) is 11.6. The number of aromatic nitrogens is 5. The number of anilines is 1. The van der Waals surface area contributed by atoms with Gasteiger partial charge in [0.1, 0.15) is 0 Å². The van der Waals surface area contributed by atoms with Gasteiger partial charge >= 0.3 is 0 Å². The number of hydrogen-bond acceptors (Lipinski definition) is 8. The van der Waals surface area contributed by atoms with Gasteiger partial charge in [-0.3, -0.25) is 14.8 Å². The first-order chi connectivity index (χ1) is 10.2. The molecule has 2 aromatic rings. The van der Waals surface area contributed by atoms with Crippen molar-refractivity contribution in [3.8, 4) is 11.8 Å². The number of nitrogens with zero attached hydrogens (tertiary/aromatic N) is 5. The number of amides is 1. The minimum absolute atomic E-state index is 0.0459. The second-order valence-corrected chi connectivity index (χ2v) is 3.89. The molecule has 0 radical (unpaired) electrons. The first-order valence-electron chi connectivity index (χ1n) is 6.05. The summed E-state index contributed by atoms with van der Waals surface area (Å²) in [6, 6.07) is 1.49. The van der Waals surface area contributed by atoms with Gasteiger partial charge in [-0.1, -0.05) is 5.21 Å². The molecule has 0 aromatic carbocycles. The monoisotopic (exact) mass is 293 g/mol. The summed E-state index contributed by atoms with van der Waals surface area (Å²) in [6.45, 7) is 0.879. The first kappa shape index (κ1) is 14.7. The summed E-state index contributed by atoms with van der Waals surface area (Å²) in [5.74, 6) is 0.0889. The van der Waals surface area contributed by atoms with Crippen LogP contribution in [0.1, 0.15) is 10.5 Å². The second kappa shape index (κ2) is 6.61.